The number of rotatable bonds is 0. The first-order valence-corrected chi connectivity index (χ1v) is 0.928. The Hall–Kier alpha value is -1.04. The normalized spacial score (nSPS) is 5.40. The molecule has 0 radical (unpaired) electrons. The van der Waals surface area contributed by atoms with Crippen molar-refractivity contribution in [2.45, 2.75) is 0 Å². The summed E-state index contributed by atoms with van der Waals surface area (Å²) in [5.41, 5.74) is 0. The van der Waals surface area contributed by atoms with Crippen molar-refractivity contribution < 1.29 is 5.11 Å². The molecular formula is C2HN2O-. The van der Waals surface area contributed by atoms with Crippen LogP contribution in [0.15, 0.2) is 0 Å². The average molecular weight is 69.0 g/mol. The summed E-state index contributed by atoms with van der Waals surface area (Å²) in [6.07, 6.45) is 0. The first kappa shape index (κ1) is 3.96. The fourth-order valence-corrected chi connectivity index (χ4v) is 0. The first-order valence-electron chi connectivity index (χ1n) is 0.928. The van der Waals surface area contributed by atoms with E-state index in [1.54, 1.807) is 0 Å². The van der Waals surface area contributed by atoms with Crippen molar-refractivity contribution in [1.29, 1.82) is 10.7 Å². The van der Waals surface area contributed by atoms with Crippen molar-refractivity contribution in [3.05, 3.63) is 0 Å². The maximum atomic E-state index is 9.12. The summed E-state index contributed by atoms with van der Waals surface area (Å²) in [5, 5.41) is 22.3. The van der Waals surface area contributed by atoms with Crippen LogP contribution < -0.4 is 5.11 Å². The molecule has 0 aromatic carbocycles. The van der Waals surface area contributed by atoms with Gasteiger partial charge in [0.1, 0.15) is 6.07 Å². The van der Waals surface area contributed by atoms with Gasteiger partial charge in [-0.2, -0.15) is 5.26 Å². The van der Waals surface area contributed by atoms with E-state index >= 15 is 0 Å². The highest BCUT2D eigenvalue weighted by molar-refractivity contribution is 5.84. The Labute approximate surface area is 29.0 Å². The molecule has 0 amide bonds. The Balaban J connectivity index is 3.35. The standard InChI is InChI=1S/C2H2N2O/c3-1-2(4)5/h(H2,4,5)/p-1. The van der Waals surface area contributed by atoms with Crippen LogP contribution in [0.3, 0.4) is 0 Å². The fourth-order valence-electron chi connectivity index (χ4n) is 0. The molecule has 3 nitrogen and oxygen atoms in total. The molecule has 0 heterocycles. The largest absolute Gasteiger partial charge is 0.851 e. The van der Waals surface area contributed by atoms with Gasteiger partial charge in [-0.1, -0.05) is 0 Å². The highest BCUT2D eigenvalue weighted by atomic mass is 16.3. The molecule has 0 aliphatic heterocycles. The lowest BCUT2D eigenvalue weighted by atomic mass is 10.8. The zero-order chi connectivity index (χ0) is 4.28. The minimum atomic E-state index is -1.19. The number of nitrogens with zero attached hydrogens (tertiary/aromatic N) is 1. The molecule has 1 N–H and O–H groups in total. The summed E-state index contributed by atoms with van der Waals surface area (Å²) >= 11 is 0. The molecule has 0 rings (SSSR count). The molecular weight excluding hydrogens is 68.0 g/mol. The summed E-state index contributed by atoms with van der Waals surface area (Å²) < 4.78 is 0. The molecule has 3 heteroatoms. The van der Waals surface area contributed by atoms with Gasteiger partial charge in [0.05, 0.1) is 5.90 Å². The Kier molecular flexibility index (Phi) is 1.03. The summed E-state index contributed by atoms with van der Waals surface area (Å²) in [6.45, 7) is 0. The van der Waals surface area contributed by atoms with Crippen molar-refractivity contribution in [2.24, 2.45) is 0 Å². The van der Waals surface area contributed by atoms with Gasteiger partial charge in [0.2, 0.25) is 0 Å². The third-order valence-corrected chi connectivity index (χ3v) is 0.102. The van der Waals surface area contributed by atoms with Crippen molar-refractivity contribution >= 4 is 5.90 Å². The van der Waals surface area contributed by atoms with Gasteiger partial charge in [-0.15, -0.1) is 0 Å². The third kappa shape index (κ3) is 2.96. The molecule has 0 saturated heterocycles. The number of nitrogens with one attached hydrogen (secondary N) is 1. The maximum absolute atomic E-state index is 9.12. The highest BCUT2D eigenvalue weighted by Crippen LogP contribution is 1.38. The van der Waals surface area contributed by atoms with E-state index in [9.17, 15) is 0 Å². The van der Waals surface area contributed by atoms with Gasteiger partial charge in [-0.05, 0) is 0 Å². The van der Waals surface area contributed by atoms with E-state index in [-0.39, 0.29) is 0 Å². The quantitative estimate of drug-likeness (QED) is 0.288. The first-order chi connectivity index (χ1) is 2.27. The topological polar surface area (TPSA) is 70.7 Å². The van der Waals surface area contributed by atoms with Crippen LogP contribution in [0, 0.1) is 16.7 Å². The molecule has 0 bridgehead atoms. The molecule has 0 atom stereocenters. The van der Waals surface area contributed by atoms with E-state index in [4.69, 9.17) is 15.8 Å². The molecule has 0 spiro atoms. The van der Waals surface area contributed by atoms with E-state index in [0.29, 0.717) is 0 Å². The minimum Gasteiger partial charge on any atom is -0.851 e. The molecule has 0 saturated carbocycles. The van der Waals surface area contributed by atoms with Gasteiger partial charge in [-0.25, -0.2) is 0 Å². The van der Waals surface area contributed by atoms with Crippen LogP contribution in [-0.4, -0.2) is 5.90 Å². The van der Waals surface area contributed by atoms with E-state index in [2.05, 4.69) is 0 Å². The molecule has 0 aromatic rings. The Bertz CT molecular complexity index is 80.1. The predicted molar refractivity (Wildman–Crippen MR) is 13.3 cm³/mol. The Morgan fingerprint density at radius 1 is 2.00 bits per heavy atom. The Morgan fingerprint density at radius 3 is 2.20 bits per heavy atom. The third-order valence-electron chi connectivity index (χ3n) is 0.102. The molecule has 0 aromatic heterocycles. The zero-order valence-corrected chi connectivity index (χ0v) is 2.36. The van der Waals surface area contributed by atoms with Crippen LogP contribution in [0.4, 0.5) is 0 Å². The smallest absolute Gasteiger partial charge is 0.103 e. The summed E-state index contributed by atoms with van der Waals surface area (Å²) in [7, 11) is 0. The lowest BCUT2D eigenvalue weighted by Crippen LogP contribution is -2.11. The Morgan fingerprint density at radius 2 is 2.20 bits per heavy atom. The second-order valence-electron chi connectivity index (χ2n) is 0.441. The van der Waals surface area contributed by atoms with Gasteiger partial charge in [0.15, 0.2) is 0 Å². The monoisotopic (exact) mass is 69.0 g/mol. The van der Waals surface area contributed by atoms with E-state index in [0.717, 1.165) is 6.07 Å². The fraction of sp³-hybridized carbons (Fsp3) is 0. The van der Waals surface area contributed by atoms with Crippen molar-refractivity contribution in [3.63, 3.8) is 0 Å². The van der Waals surface area contributed by atoms with Crippen LogP contribution in [0.1, 0.15) is 0 Å². The van der Waals surface area contributed by atoms with E-state index in [1.807, 2.05) is 0 Å². The molecule has 5 heavy (non-hydrogen) atoms. The van der Waals surface area contributed by atoms with Crippen LogP contribution in [0.2, 0.25) is 0 Å². The number of hydrogen-bond donors (Lipinski definition) is 1. The molecule has 0 aliphatic carbocycles. The van der Waals surface area contributed by atoms with Crippen LogP contribution in [0.5, 0.6) is 0 Å². The van der Waals surface area contributed by atoms with Crippen molar-refractivity contribution in [2.75, 3.05) is 0 Å². The molecule has 0 aliphatic rings. The molecule has 0 fully saturated rings. The summed E-state index contributed by atoms with van der Waals surface area (Å²) in [4.78, 5) is 0. The summed E-state index contributed by atoms with van der Waals surface area (Å²) in [5.74, 6) is -1.19. The lowest BCUT2D eigenvalue weighted by Gasteiger charge is -1.84. The zero-order valence-electron chi connectivity index (χ0n) is 2.36. The second-order valence-corrected chi connectivity index (χ2v) is 0.441. The van der Waals surface area contributed by atoms with E-state index in [1.165, 1.54) is 0 Å². The van der Waals surface area contributed by atoms with Crippen LogP contribution >= 0.6 is 0 Å². The van der Waals surface area contributed by atoms with Gasteiger partial charge in [0.25, 0.3) is 0 Å². The number of nitriles is 1. The van der Waals surface area contributed by atoms with Crippen molar-refractivity contribution in [1.82, 2.24) is 0 Å². The minimum absolute atomic E-state index is 1.06. The van der Waals surface area contributed by atoms with Gasteiger partial charge >= 0.3 is 0 Å². The SMILES string of the molecule is N#CC(=N)[O-]. The molecule has 26 valence electrons. The van der Waals surface area contributed by atoms with Crippen molar-refractivity contribution in [3.8, 4) is 6.07 Å². The lowest BCUT2D eigenvalue weighted by molar-refractivity contribution is -0.212. The van der Waals surface area contributed by atoms with Gasteiger partial charge in [0, 0.05) is 0 Å². The second kappa shape index (κ2) is 1.30. The highest BCUT2D eigenvalue weighted by Gasteiger charge is 1.55. The molecule has 0 unspecified atom stereocenters. The maximum Gasteiger partial charge on any atom is 0.103 e. The summed E-state index contributed by atoms with van der Waals surface area (Å²) in [6, 6.07) is 1.06. The average Bonchev–Trinajstić information content (AvgIpc) is 1.38. The van der Waals surface area contributed by atoms with Gasteiger partial charge < -0.3 is 10.5 Å². The van der Waals surface area contributed by atoms with Gasteiger partial charge in [-0.3, -0.25) is 0 Å². The van der Waals surface area contributed by atoms with Crippen LogP contribution in [0.25, 0.3) is 0 Å². The van der Waals surface area contributed by atoms with Crippen LogP contribution in [-0.2, 0) is 0 Å². The number of hydrogen-bond acceptors (Lipinski definition) is 3. The van der Waals surface area contributed by atoms with E-state index < -0.39 is 5.90 Å². The predicted octanol–water partition coefficient (Wildman–Crippen LogP) is -1.15.